The van der Waals surface area contributed by atoms with Gasteiger partial charge in [0.05, 0.1) is 12.5 Å². The summed E-state index contributed by atoms with van der Waals surface area (Å²) in [6, 6.07) is 4.34. The number of carbonyl (C=O) groups is 1. The number of ether oxygens (including phenoxy) is 1. The van der Waals surface area contributed by atoms with Gasteiger partial charge in [0, 0.05) is 12.2 Å². The van der Waals surface area contributed by atoms with E-state index in [1.165, 1.54) is 12.0 Å². The highest BCUT2D eigenvalue weighted by Crippen LogP contribution is 2.37. The number of nitrogens with zero attached hydrogens (tertiary/aromatic N) is 1. The van der Waals surface area contributed by atoms with Gasteiger partial charge in [0.1, 0.15) is 5.82 Å². The molecule has 0 radical (unpaired) electrons. The summed E-state index contributed by atoms with van der Waals surface area (Å²) in [4.78, 5) is 16.3. The number of hydrogen-bond acceptors (Lipinski definition) is 4. The molecule has 0 unspecified atom stereocenters. The Bertz CT molecular complexity index is 495. The van der Waals surface area contributed by atoms with Crippen molar-refractivity contribution < 1.29 is 9.53 Å². The summed E-state index contributed by atoms with van der Waals surface area (Å²) >= 11 is 0. The Hall–Kier alpha value is -1.58. The third-order valence-electron chi connectivity index (χ3n) is 4.31. The van der Waals surface area contributed by atoms with E-state index in [4.69, 9.17) is 9.72 Å². The Morgan fingerprint density at radius 1 is 1.45 bits per heavy atom. The van der Waals surface area contributed by atoms with E-state index in [1.807, 2.05) is 6.92 Å². The Balaban J connectivity index is 1.54. The second-order valence-corrected chi connectivity index (χ2v) is 5.83. The van der Waals surface area contributed by atoms with Crippen LogP contribution >= 0.6 is 0 Å². The molecule has 20 heavy (non-hydrogen) atoms. The van der Waals surface area contributed by atoms with E-state index in [9.17, 15) is 4.79 Å². The van der Waals surface area contributed by atoms with Gasteiger partial charge in [-0.3, -0.25) is 4.79 Å². The van der Waals surface area contributed by atoms with Gasteiger partial charge in [0.15, 0.2) is 0 Å². The van der Waals surface area contributed by atoms with Crippen molar-refractivity contribution >= 4 is 11.8 Å². The van der Waals surface area contributed by atoms with Crippen LogP contribution in [0.3, 0.4) is 0 Å². The zero-order valence-corrected chi connectivity index (χ0v) is 12.0. The number of carbonyl (C=O) groups excluding carboxylic acids is 1. The number of aromatic nitrogens is 1. The van der Waals surface area contributed by atoms with Gasteiger partial charge < -0.3 is 10.1 Å². The molecule has 4 heteroatoms. The molecule has 0 spiro atoms. The first kappa shape index (κ1) is 13.4. The molecule has 1 fully saturated rings. The summed E-state index contributed by atoms with van der Waals surface area (Å²) in [5.74, 6) is 1.74. The summed E-state index contributed by atoms with van der Waals surface area (Å²) < 4.78 is 5.05. The van der Waals surface area contributed by atoms with Gasteiger partial charge in [-0.2, -0.15) is 0 Å². The van der Waals surface area contributed by atoms with E-state index in [0.29, 0.717) is 12.5 Å². The zero-order chi connectivity index (χ0) is 13.9. The molecule has 108 valence electrons. The molecule has 0 bridgehead atoms. The van der Waals surface area contributed by atoms with Gasteiger partial charge in [0.2, 0.25) is 0 Å². The molecule has 0 amide bonds. The van der Waals surface area contributed by atoms with E-state index >= 15 is 0 Å². The fraction of sp³-hybridized carbons (Fsp3) is 0.625. The van der Waals surface area contributed by atoms with Gasteiger partial charge >= 0.3 is 5.97 Å². The summed E-state index contributed by atoms with van der Waals surface area (Å²) in [6.45, 7) is 3.37. The molecular weight excluding hydrogens is 252 g/mol. The Morgan fingerprint density at radius 3 is 3.10 bits per heavy atom. The standard InChI is InChI=1S/C16H22N2O2/c1-2-20-16(19)13-8-11(9-13)10-14-6-5-12-4-3-7-17-15(12)18-14/h5-6,11,13H,2-4,7-10H2,1H3,(H,17,18). The molecule has 0 saturated heterocycles. The second-order valence-electron chi connectivity index (χ2n) is 5.83. The van der Waals surface area contributed by atoms with Gasteiger partial charge in [0.25, 0.3) is 0 Å². The van der Waals surface area contributed by atoms with Crippen LogP contribution in [0.1, 0.15) is 37.4 Å². The van der Waals surface area contributed by atoms with Gasteiger partial charge in [-0.25, -0.2) is 4.98 Å². The lowest BCUT2D eigenvalue weighted by molar-refractivity contribution is -0.152. The smallest absolute Gasteiger partial charge is 0.308 e. The summed E-state index contributed by atoms with van der Waals surface area (Å²) in [5, 5.41) is 3.37. The molecule has 1 saturated carbocycles. The Morgan fingerprint density at radius 2 is 2.30 bits per heavy atom. The first-order valence-electron chi connectivity index (χ1n) is 7.65. The Labute approximate surface area is 119 Å². The van der Waals surface area contributed by atoms with Crippen LogP contribution in [-0.2, 0) is 22.4 Å². The van der Waals surface area contributed by atoms with E-state index in [0.717, 1.165) is 43.7 Å². The predicted octanol–water partition coefficient (Wildman–Crippen LogP) is 2.57. The molecule has 3 rings (SSSR count). The maximum atomic E-state index is 11.6. The van der Waals surface area contributed by atoms with Gasteiger partial charge in [-0.15, -0.1) is 0 Å². The number of esters is 1. The molecule has 2 aliphatic rings. The highest BCUT2D eigenvalue weighted by Gasteiger charge is 2.35. The predicted molar refractivity (Wildman–Crippen MR) is 77.6 cm³/mol. The van der Waals surface area contributed by atoms with Crippen molar-refractivity contribution in [2.24, 2.45) is 11.8 Å². The van der Waals surface area contributed by atoms with Crippen molar-refractivity contribution in [2.75, 3.05) is 18.5 Å². The molecule has 1 aliphatic heterocycles. The van der Waals surface area contributed by atoms with E-state index in [1.54, 1.807) is 0 Å². The summed E-state index contributed by atoms with van der Waals surface area (Å²) in [6.07, 6.45) is 5.20. The molecule has 1 aromatic heterocycles. The van der Waals surface area contributed by atoms with Crippen LogP contribution in [0.2, 0.25) is 0 Å². The number of pyridine rings is 1. The van der Waals surface area contributed by atoms with E-state index in [-0.39, 0.29) is 11.9 Å². The SMILES string of the molecule is CCOC(=O)C1CC(Cc2ccc3c(n2)NCCC3)C1. The summed E-state index contributed by atoms with van der Waals surface area (Å²) in [5.41, 5.74) is 2.48. The van der Waals surface area contributed by atoms with Crippen LogP contribution in [0.15, 0.2) is 12.1 Å². The lowest BCUT2D eigenvalue weighted by Crippen LogP contribution is -2.33. The molecule has 1 aromatic rings. The van der Waals surface area contributed by atoms with E-state index < -0.39 is 0 Å². The average Bonchev–Trinajstić information content (AvgIpc) is 2.42. The monoisotopic (exact) mass is 274 g/mol. The molecule has 0 aromatic carbocycles. The lowest BCUT2D eigenvalue weighted by atomic mass is 9.73. The highest BCUT2D eigenvalue weighted by molar-refractivity contribution is 5.73. The van der Waals surface area contributed by atoms with E-state index in [2.05, 4.69) is 17.4 Å². The largest absolute Gasteiger partial charge is 0.466 e. The number of nitrogens with one attached hydrogen (secondary N) is 1. The number of fused-ring (bicyclic) bond motifs is 1. The molecule has 2 heterocycles. The molecule has 4 nitrogen and oxygen atoms in total. The van der Waals surface area contributed by atoms with Crippen molar-refractivity contribution in [3.63, 3.8) is 0 Å². The number of aryl methyl sites for hydroxylation is 1. The van der Waals surface area contributed by atoms with Crippen molar-refractivity contribution in [2.45, 2.75) is 39.0 Å². The fourth-order valence-electron chi connectivity index (χ4n) is 3.13. The third-order valence-corrected chi connectivity index (χ3v) is 4.31. The minimum absolute atomic E-state index is 0.0242. The Kier molecular flexibility index (Phi) is 3.90. The topological polar surface area (TPSA) is 51.2 Å². The maximum absolute atomic E-state index is 11.6. The van der Waals surface area contributed by atoms with Crippen LogP contribution in [-0.4, -0.2) is 24.1 Å². The van der Waals surface area contributed by atoms with Crippen LogP contribution in [0, 0.1) is 11.8 Å². The highest BCUT2D eigenvalue weighted by atomic mass is 16.5. The zero-order valence-electron chi connectivity index (χ0n) is 12.0. The second kappa shape index (κ2) is 5.81. The minimum Gasteiger partial charge on any atom is -0.466 e. The van der Waals surface area contributed by atoms with Crippen molar-refractivity contribution in [1.82, 2.24) is 4.98 Å². The van der Waals surface area contributed by atoms with Crippen molar-refractivity contribution in [3.8, 4) is 0 Å². The first-order chi connectivity index (χ1) is 9.76. The first-order valence-corrected chi connectivity index (χ1v) is 7.65. The van der Waals surface area contributed by atoms with Crippen molar-refractivity contribution in [1.29, 1.82) is 0 Å². The van der Waals surface area contributed by atoms with Gasteiger partial charge in [-0.05, 0) is 56.6 Å². The normalized spacial score (nSPS) is 24.2. The summed E-state index contributed by atoms with van der Waals surface area (Å²) in [7, 11) is 0. The third kappa shape index (κ3) is 2.79. The molecule has 1 aliphatic carbocycles. The maximum Gasteiger partial charge on any atom is 0.308 e. The van der Waals surface area contributed by atoms with Crippen LogP contribution < -0.4 is 5.32 Å². The van der Waals surface area contributed by atoms with Crippen LogP contribution in [0.25, 0.3) is 0 Å². The fourth-order valence-corrected chi connectivity index (χ4v) is 3.13. The lowest BCUT2D eigenvalue weighted by Gasteiger charge is -2.33. The number of hydrogen-bond donors (Lipinski definition) is 1. The average molecular weight is 274 g/mol. The van der Waals surface area contributed by atoms with Gasteiger partial charge in [-0.1, -0.05) is 6.07 Å². The molecular formula is C16H22N2O2. The van der Waals surface area contributed by atoms with Crippen LogP contribution in [0.4, 0.5) is 5.82 Å². The minimum atomic E-state index is -0.0242. The quantitative estimate of drug-likeness (QED) is 0.857. The van der Waals surface area contributed by atoms with Crippen LogP contribution in [0.5, 0.6) is 0 Å². The number of rotatable bonds is 4. The molecule has 1 N–H and O–H groups in total. The molecule has 0 atom stereocenters. The number of anilines is 1. The van der Waals surface area contributed by atoms with Crippen molar-refractivity contribution in [3.05, 3.63) is 23.4 Å².